The fourth-order valence-corrected chi connectivity index (χ4v) is 11.3. The van der Waals surface area contributed by atoms with Gasteiger partial charge >= 0.3 is 13.7 Å². The van der Waals surface area contributed by atoms with Gasteiger partial charge in [-0.3, -0.25) is 0 Å². The van der Waals surface area contributed by atoms with Gasteiger partial charge in [0.2, 0.25) is 0 Å². The molecule has 7 aromatic carbocycles. The van der Waals surface area contributed by atoms with Crippen molar-refractivity contribution in [1.82, 2.24) is 8.96 Å². The van der Waals surface area contributed by atoms with Gasteiger partial charge in [0, 0.05) is 69.4 Å². The average Bonchev–Trinajstić information content (AvgIpc) is 3.68. The quantitative estimate of drug-likeness (QED) is 0.137. The fraction of sp³-hybridized carbons (Fsp3) is 0.0233. The Balaban J connectivity index is 1.19. The third kappa shape index (κ3) is 3.29. The molecule has 0 bridgehead atoms. The number of hydrogen-bond donors (Lipinski definition) is 0. The third-order valence-corrected chi connectivity index (χ3v) is 13.3. The van der Waals surface area contributed by atoms with Crippen LogP contribution in [0.4, 0.5) is 0 Å². The normalized spacial score (nSPS) is 13.7. The summed E-state index contributed by atoms with van der Waals surface area (Å²) in [7, 11) is 0. The maximum Gasteiger partial charge on any atom is 0.331 e. The van der Waals surface area contributed by atoms with Crippen molar-refractivity contribution >= 4 is 103 Å². The molecule has 6 heteroatoms. The van der Waals surface area contributed by atoms with E-state index in [0.29, 0.717) is 0 Å². The van der Waals surface area contributed by atoms with Crippen LogP contribution in [0.15, 0.2) is 154 Å². The average molecular weight is 656 g/mol. The van der Waals surface area contributed by atoms with Crippen LogP contribution in [-0.4, -0.2) is 28.9 Å². The molecule has 5 heterocycles. The van der Waals surface area contributed by atoms with Crippen LogP contribution in [0.3, 0.4) is 0 Å². The zero-order chi connectivity index (χ0) is 32.0. The number of benzene rings is 7. The Hall–Kier alpha value is -5.03. The highest BCUT2D eigenvalue weighted by Crippen LogP contribution is 2.44. The van der Waals surface area contributed by atoms with Crippen LogP contribution in [0, 0.1) is 0 Å². The Morgan fingerprint density at radius 1 is 0.490 bits per heavy atom. The summed E-state index contributed by atoms with van der Waals surface area (Å²) in [6, 6.07) is 52.9. The van der Waals surface area contributed by atoms with E-state index in [4.69, 9.17) is 0 Å². The summed E-state index contributed by atoms with van der Waals surface area (Å²) in [5, 5.41) is 5.31. The van der Waals surface area contributed by atoms with Crippen LogP contribution in [0.1, 0.15) is 0 Å². The molecule has 9 aromatic rings. The monoisotopic (exact) mass is 656 g/mol. The first kappa shape index (κ1) is 26.9. The molecule has 0 saturated heterocycles. The molecule has 0 atom stereocenters. The molecule has 0 spiro atoms. The highest BCUT2D eigenvalue weighted by Gasteiger charge is 2.42. The first-order valence-electron chi connectivity index (χ1n) is 17.0. The zero-order valence-electron chi connectivity index (χ0n) is 26.6. The minimum atomic E-state index is 0.0418. The molecular formula is C43H26B2N2S2. The molecule has 226 valence electrons. The van der Waals surface area contributed by atoms with Crippen LogP contribution >= 0.6 is 23.5 Å². The SMILES string of the molecule is CSc1cccc2c1B(c1ccc3c(c1)B1c4c(cccc4-c4cccc5c6ccccc6n1c45)S3)n1c3ccccc3c3cccc-2c31. The summed E-state index contributed by atoms with van der Waals surface area (Å²) in [6.45, 7) is 0.132. The summed E-state index contributed by atoms with van der Waals surface area (Å²) < 4.78 is 5.31. The smallest absolute Gasteiger partial charge is 0.331 e. The van der Waals surface area contributed by atoms with E-state index in [1.54, 1.807) is 0 Å². The van der Waals surface area contributed by atoms with Crippen LogP contribution < -0.4 is 21.9 Å². The van der Waals surface area contributed by atoms with E-state index >= 15 is 0 Å². The molecule has 0 aliphatic carbocycles. The lowest BCUT2D eigenvalue weighted by molar-refractivity contribution is 1.28. The van der Waals surface area contributed by atoms with Crippen molar-refractivity contribution in [3.05, 3.63) is 140 Å². The van der Waals surface area contributed by atoms with Gasteiger partial charge in [-0.1, -0.05) is 126 Å². The highest BCUT2D eigenvalue weighted by atomic mass is 32.2. The van der Waals surface area contributed by atoms with E-state index in [-0.39, 0.29) is 13.7 Å². The highest BCUT2D eigenvalue weighted by molar-refractivity contribution is 8.00. The van der Waals surface area contributed by atoms with E-state index in [2.05, 4.69) is 155 Å². The molecule has 49 heavy (non-hydrogen) atoms. The largest absolute Gasteiger partial charge is 0.375 e. The molecule has 2 aromatic heterocycles. The molecule has 0 fully saturated rings. The molecule has 0 unspecified atom stereocenters. The molecule has 0 amide bonds. The first-order valence-corrected chi connectivity index (χ1v) is 19.0. The van der Waals surface area contributed by atoms with Gasteiger partial charge in [-0.15, -0.1) is 11.8 Å². The second kappa shape index (κ2) is 9.56. The maximum atomic E-state index is 2.66. The number of rotatable bonds is 2. The second-order valence-electron chi connectivity index (χ2n) is 13.5. The van der Waals surface area contributed by atoms with Gasteiger partial charge in [0.05, 0.1) is 0 Å². The van der Waals surface area contributed by atoms with Gasteiger partial charge in [-0.25, -0.2) is 0 Å². The van der Waals surface area contributed by atoms with Gasteiger partial charge in [0.1, 0.15) is 0 Å². The van der Waals surface area contributed by atoms with Crippen molar-refractivity contribution in [2.24, 2.45) is 0 Å². The van der Waals surface area contributed by atoms with E-state index in [9.17, 15) is 0 Å². The third-order valence-electron chi connectivity index (χ3n) is 11.3. The molecule has 0 saturated carbocycles. The molecule has 0 radical (unpaired) electrons. The van der Waals surface area contributed by atoms with E-state index in [1.165, 1.54) is 102 Å². The van der Waals surface area contributed by atoms with Crippen LogP contribution in [-0.2, 0) is 0 Å². The van der Waals surface area contributed by atoms with Gasteiger partial charge in [0.25, 0.3) is 0 Å². The Morgan fingerprint density at radius 2 is 1.06 bits per heavy atom. The first-order chi connectivity index (χ1) is 24.3. The lowest BCUT2D eigenvalue weighted by atomic mass is 9.43. The number of fused-ring (bicyclic) bond motifs is 12. The van der Waals surface area contributed by atoms with E-state index < -0.39 is 0 Å². The second-order valence-corrected chi connectivity index (χ2v) is 15.5. The Bertz CT molecular complexity index is 2940. The molecule has 3 aliphatic heterocycles. The maximum absolute atomic E-state index is 2.66. The minimum absolute atomic E-state index is 0.0418. The Kier molecular flexibility index (Phi) is 5.24. The molecule has 2 nitrogen and oxygen atoms in total. The number of nitrogens with zero attached hydrogens (tertiary/aromatic N) is 2. The lowest BCUT2D eigenvalue weighted by Crippen LogP contribution is -2.57. The fourth-order valence-electron chi connectivity index (χ4n) is 9.50. The van der Waals surface area contributed by atoms with Gasteiger partial charge in [-0.05, 0) is 64.1 Å². The van der Waals surface area contributed by atoms with Crippen molar-refractivity contribution in [2.75, 3.05) is 6.26 Å². The summed E-state index contributed by atoms with van der Waals surface area (Å²) in [5.41, 5.74) is 16.2. The van der Waals surface area contributed by atoms with Crippen molar-refractivity contribution in [1.29, 1.82) is 0 Å². The van der Waals surface area contributed by atoms with E-state index in [0.717, 1.165) is 0 Å². The summed E-state index contributed by atoms with van der Waals surface area (Å²) in [6.07, 6.45) is 2.22. The van der Waals surface area contributed by atoms with Crippen LogP contribution in [0.25, 0.3) is 65.9 Å². The molecular weight excluding hydrogens is 630 g/mol. The predicted molar refractivity (Wildman–Crippen MR) is 213 cm³/mol. The minimum Gasteiger partial charge on any atom is -0.375 e. The van der Waals surface area contributed by atoms with Crippen LogP contribution in [0.2, 0.25) is 0 Å². The van der Waals surface area contributed by atoms with E-state index in [1.807, 2.05) is 23.5 Å². The van der Waals surface area contributed by atoms with Crippen molar-refractivity contribution in [2.45, 2.75) is 14.7 Å². The Labute approximate surface area is 293 Å². The van der Waals surface area contributed by atoms with Crippen LogP contribution in [0.5, 0.6) is 0 Å². The predicted octanol–water partition coefficient (Wildman–Crippen LogP) is 8.36. The lowest BCUT2D eigenvalue weighted by Gasteiger charge is -2.34. The number of aromatic nitrogens is 2. The van der Waals surface area contributed by atoms with Crippen molar-refractivity contribution in [3.8, 4) is 22.3 Å². The van der Waals surface area contributed by atoms with Gasteiger partial charge < -0.3 is 8.96 Å². The van der Waals surface area contributed by atoms with Gasteiger partial charge in [0.15, 0.2) is 0 Å². The number of thioether (sulfide) groups is 1. The number of para-hydroxylation sites is 4. The molecule has 3 aliphatic rings. The van der Waals surface area contributed by atoms with Crippen molar-refractivity contribution < 1.29 is 0 Å². The zero-order valence-corrected chi connectivity index (χ0v) is 28.3. The molecule has 12 rings (SSSR count). The summed E-state index contributed by atoms with van der Waals surface area (Å²) in [4.78, 5) is 4.05. The summed E-state index contributed by atoms with van der Waals surface area (Å²) in [5.74, 6) is 0. The molecule has 0 N–H and O–H groups in total. The number of hydrogen-bond acceptors (Lipinski definition) is 2. The standard InChI is InChI=1S/C43H26B2N2S2/c1-48-38-20-8-12-28-32-16-6-14-30-26-10-2-4-18-35(26)46(42(30)32)44(40(28)38)25-22-23-37-34(24-25)45-41-29(13-9-21-39(41)49-37)33-17-7-15-31-27-11-3-5-19-36(27)47(45)43(31)33/h2-24H,1H3. The van der Waals surface area contributed by atoms with Gasteiger partial charge in [-0.2, -0.15) is 0 Å². The van der Waals surface area contributed by atoms with Crippen molar-refractivity contribution in [3.63, 3.8) is 0 Å². The Morgan fingerprint density at radius 3 is 1.76 bits per heavy atom. The topological polar surface area (TPSA) is 9.86 Å². The summed E-state index contributed by atoms with van der Waals surface area (Å²) >= 11 is 3.79.